The predicted molar refractivity (Wildman–Crippen MR) is 70.5 cm³/mol. The van der Waals surface area contributed by atoms with Gasteiger partial charge in [0.25, 0.3) is 6.43 Å². The molecule has 1 rings (SSSR count). The van der Waals surface area contributed by atoms with Gasteiger partial charge in [-0.15, -0.1) is 0 Å². The molecule has 108 valence electrons. The number of aliphatic hydroxyl groups is 1. The summed E-state index contributed by atoms with van der Waals surface area (Å²) >= 11 is 0. The third-order valence-corrected chi connectivity index (χ3v) is 2.22. The summed E-state index contributed by atoms with van der Waals surface area (Å²) in [5.74, 6) is 4.84. The highest BCUT2D eigenvalue weighted by atomic mass is 19.3. The number of alkyl halides is 2. The first kappa shape index (κ1) is 16.1. The van der Waals surface area contributed by atoms with Crippen LogP contribution in [0.4, 0.5) is 14.5 Å². The first-order valence-corrected chi connectivity index (χ1v) is 5.98. The van der Waals surface area contributed by atoms with Crippen LogP contribution in [-0.4, -0.2) is 37.3 Å². The Kier molecular flexibility index (Phi) is 7.25. The van der Waals surface area contributed by atoms with Crippen LogP contribution in [0.1, 0.15) is 12.0 Å². The summed E-state index contributed by atoms with van der Waals surface area (Å²) in [5.41, 5.74) is 1.08. The lowest BCUT2D eigenvalue weighted by molar-refractivity contribution is -0.117. The Morgan fingerprint density at radius 1 is 1.40 bits per heavy atom. The molecule has 1 aromatic carbocycles. The third kappa shape index (κ3) is 6.27. The summed E-state index contributed by atoms with van der Waals surface area (Å²) in [4.78, 5) is 11.6. The molecule has 1 amide bonds. The number of halogens is 2. The fourth-order valence-corrected chi connectivity index (χ4v) is 1.39. The molecular formula is C14H15F2NO3. The van der Waals surface area contributed by atoms with Gasteiger partial charge in [0.1, 0.15) is 13.2 Å². The van der Waals surface area contributed by atoms with Crippen molar-refractivity contribution in [2.75, 3.05) is 25.1 Å². The molecule has 0 atom stereocenters. The van der Waals surface area contributed by atoms with Crippen LogP contribution in [0.3, 0.4) is 0 Å². The molecule has 0 aromatic heterocycles. The van der Waals surface area contributed by atoms with Crippen molar-refractivity contribution >= 4 is 11.6 Å². The van der Waals surface area contributed by atoms with E-state index in [4.69, 9.17) is 5.11 Å². The topological polar surface area (TPSA) is 58.6 Å². The fourth-order valence-electron chi connectivity index (χ4n) is 1.39. The third-order valence-electron chi connectivity index (χ3n) is 2.22. The van der Waals surface area contributed by atoms with Crippen molar-refractivity contribution in [2.24, 2.45) is 0 Å². The van der Waals surface area contributed by atoms with Gasteiger partial charge < -0.3 is 15.2 Å². The van der Waals surface area contributed by atoms with Crippen LogP contribution < -0.4 is 5.32 Å². The number of carbonyl (C=O) groups is 1. The van der Waals surface area contributed by atoms with E-state index in [0.717, 1.165) is 0 Å². The maximum absolute atomic E-state index is 11.8. The van der Waals surface area contributed by atoms with E-state index in [1.54, 1.807) is 24.3 Å². The maximum Gasteiger partial charge on any atom is 0.261 e. The molecule has 0 aliphatic heterocycles. The molecule has 0 aliphatic rings. The minimum Gasteiger partial charge on any atom is -0.384 e. The number of carbonyl (C=O) groups excluding carboxylic acids is 1. The number of amides is 1. The normalized spacial score (nSPS) is 10.0. The second-order valence-corrected chi connectivity index (χ2v) is 3.77. The van der Waals surface area contributed by atoms with E-state index < -0.39 is 13.0 Å². The van der Waals surface area contributed by atoms with Crippen molar-refractivity contribution in [2.45, 2.75) is 12.8 Å². The Balaban J connectivity index is 2.49. The molecule has 4 nitrogen and oxygen atoms in total. The molecule has 1 aromatic rings. The Morgan fingerprint density at radius 2 is 2.15 bits per heavy atom. The Bertz CT molecular complexity index is 495. The van der Waals surface area contributed by atoms with Gasteiger partial charge in [0.2, 0.25) is 5.91 Å². The number of para-hydroxylation sites is 1. The van der Waals surface area contributed by atoms with E-state index in [1.165, 1.54) is 0 Å². The molecule has 0 aliphatic carbocycles. The smallest absolute Gasteiger partial charge is 0.261 e. The number of hydrogen-bond acceptors (Lipinski definition) is 3. The van der Waals surface area contributed by atoms with Crippen molar-refractivity contribution in [1.82, 2.24) is 0 Å². The van der Waals surface area contributed by atoms with E-state index in [2.05, 4.69) is 21.9 Å². The van der Waals surface area contributed by atoms with Crippen molar-refractivity contribution in [1.29, 1.82) is 0 Å². The molecule has 20 heavy (non-hydrogen) atoms. The zero-order valence-corrected chi connectivity index (χ0v) is 10.7. The number of aliphatic hydroxyl groups excluding tert-OH is 1. The largest absolute Gasteiger partial charge is 0.384 e. The van der Waals surface area contributed by atoms with Gasteiger partial charge in [-0.3, -0.25) is 4.79 Å². The number of ether oxygens (including phenoxy) is 1. The SMILES string of the molecule is O=C(CCOCC(F)F)Nc1ccccc1C#CCO. The molecular weight excluding hydrogens is 268 g/mol. The summed E-state index contributed by atoms with van der Waals surface area (Å²) < 4.78 is 28.3. The Hall–Kier alpha value is -1.97. The highest BCUT2D eigenvalue weighted by Crippen LogP contribution is 2.13. The predicted octanol–water partition coefficient (Wildman–Crippen LogP) is 1.64. The van der Waals surface area contributed by atoms with Gasteiger partial charge in [-0.05, 0) is 12.1 Å². The van der Waals surface area contributed by atoms with Crippen molar-refractivity contribution in [3.8, 4) is 11.8 Å². The summed E-state index contributed by atoms with van der Waals surface area (Å²) in [6.45, 7) is -1.02. The average Bonchev–Trinajstić information content (AvgIpc) is 2.42. The number of rotatable bonds is 6. The highest BCUT2D eigenvalue weighted by molar-refractivity contribution is 5.92. The Morgan fingerprint density at radius 3 is 2.85 bits per heavy atom. The second-order valence-electron chi connectivity index (χ2n) is 3.77. The van der Waals surface area contributed by atoms with Crippen LogP contribution in [0, 0.1) is 11.8 Å². The number of benzene rings is 1. The molecule has 0 spiro atoms. The van der Waals surface area contributed by atoms with E-state index in [9.17, 15) is 13.6 Å². The average molecular weight is 283 g/mol. The van der Waals surface area contributed by atoms with Gasteiger partial charge >= 0.3 is 0 Å². The summed E-state index contributed by atoms with van der Waals surface area (Å²) in [6, 6.07) is 6.85. The van der Waals surface area contributed by atoms with Gasteiger partial charge in [-0.1, -0.05) is 24.0 Å². The van der Waals surface area contributed by atoms with E-state index in [-0.39, 0.29) is 25.5 Å². The second kappa shape index (κ2) is 9.02. The van der Waals surface area contributed by atoms with E-state index >= 15 is 0 Å². The lowest BCUT2D eigenvalue weighted by atomic mass is 10.2. The summed E-state index contributed by atoms with van der Waals surface area (Å²) in [7, 11) is 0. The van der Waals surface area contributed by atoms with Crippen LogP contribution in [0.15, 0.2) is 24.3 Å². The van der Waals surface area contributed by atoms with Gasteiger partial charge in [-0.25, -0.2) is 8.78 Å². The van der Waals surface area contributed by atoms with Gasteiger partial charge in [0.05, 0.1) is 18.7 Å². The zero-order chi connectivity index (χ0) is 14.8. The van der Waals surface area contributed by atoms with E-state index in [1.807, 2.05) is 0 Å². The number of hydrogen-bond donors (Lipinski definition) is 2. The van der Waals surface area contributed by atoms with Gasteiger partial charge in [0.15, 0.2) is 0 Å². The first-order valence-electron chi connectivity index (χ1n) is 5.98. The van der Waals surface area contributed by atoms with E-state index in [0.29, 0.717) is 11.3 Å². The summed E-state index contributed by atoms with van der Waals surface area (Å²) in [5, 5.41) is 11.3. The van der Waals surface area contributed by atoms with Gasteiger partial charge in [-0.2, -0.15) is 0 Å². The first-order chi connectivity index (χ1) is 9.63. The van der Waals surface area contributed by atoms with Crippen molar-refractivity contribution in [3.63, 3.8) is 0 Å². The summed E-state index contributed by atoms with van der Waals surface area (Å²) in [6.07, 6.45) is -2.55. The monoisotopic (exact) mass is 283 g/mol. The van der Waals surface area contributed by atoms with Crippen LogP contribution >= 0.6 is 0 Å². The Labute approximate surface area is 115 Å². The molecule has 0 radical (unpaired) electrons. The lowest BCUT2D eigenvalue weighted by Crippen LogP contribution is -2.16. The maximum atomic E-state index is 11.8. The number of anilines is 1. The highest BCUT2D eigenvalue weighted by Gasteiger charge is 2.07. The van der Waals surface area contributed by atoms with Crippen LogP contribution in [0.5, 0.6) is 0 Å². The molecule has 6 heteroatoms. The fraction of sp³-hybridized carbons (Fsp3) is 0.357. The van der Waals surface area contributed by atoms with Gasteiger partial charge in [0, 0.05) is 5.56 Å². The minimum absolute atomic E-state index is 0.0194. The standard InChI is InChI=1S/C14H15F2NO3/c15-13(16)10-20-9-7-14(19)17-12-6-2-1-4-11(12)5-3-8-18/h1-2,4,6,13,18H,7-10H2,(H,17,19). The lowest BCUT2D eigenvalue weighted by Gasteiger charge is -2.07. The molecule has 0 saturated carbocycles. The molecule has 0 unspecified atom stereocenters. The molecule has 0 fully saturated rings. The quantitative estimate of drug-likeness (QED) is 0.616. The van der Waals surface area contributed by atoms with Crippen LogP contribution in [-0.2, 0) is 9.53 Å². The van der Waals surface area contributed by atoms with Crippen molar-refractivity contribution < 1.29 is 23.4 Å². The zero-order valence-electron chi connectivity index (χ0n) is 10.7. The van der Waals surface area contributed by atoms with Crippen molar-refractivity contribution in [3.05, 3.63) is 29.8 Å². The molecule has 2 N–H and O–H groups in total. The molecule has 0 heterocycles. The minimum atomic E-state index is -2.53. The van der Waals surface area contributed by atoms with Crippen LogP contribution in [0.2, 0.25) is 0 Å². The van der Waals surface area contributed by atoms with Crippen LogP contribution in [0.25, 0.3) is 0 Å². The number of nitrogens with one attached hydrogen (secondary N) is 1. The molecule has 0 bridgehead atoms. The molecule has 0 saturated heterocycles.